The van der Waals surface area contributed by atoms with Crippen molar-refractivity contribution in [3.63, 3.8) is 0 Å². The summed E-state index contributed by atoms with van der Waals surface area (Å²) in [5.41, 5.74) is 18.6. The van der Waals surface area contributed by atoms with Crippen LogP contribution in [0.1, 0.15) is 58.9 Å². The first kappa shape index (κ1) is 28.4. The van der Waals surface area contributed by atoms with Crippen LogP contribution in [-0.2, 0) is 25.7 Å². The van der Waals surface area contributed by atoms with E-state index in [0.717, 1.165) is 5.56 Å². The predicted octanol–water partition coefficient (Wildman–Crippen LogP) is 1.44. The molecule has 3 atom stereocenters. The number of anilines is 1. The van der Waals surface area contributed by atoms with Crippen molar-refractivity contribution in [2.45, 2.75) is 78.1 Å². The smallest absolute Gasteiger partial charge is 0.328 e. The number of benzene rings is 1. The van der Waals surface area contributed by atoms with Gasteiger partial charge < -0.3 is 32.6 Å². The number of nitrogen functional groups attached to an aromatic ring is 1. The number of amides is 2. The third-order valence-corrected chi connectivity index (χ3v) is 5.27. The van der Waals surface area contributed by atoms with E-state index < -0.39 is 35.9 Å². The van der Waals surface area contributed by atoms with Gasteiger partial charge >= 0.3 is 5.97 Å². The highest BCUT2D eigenvalue weighted by molar-refractivity contribution is 5.92. The van der Waals surface area contributed by atoms with Crippen LogP contribution in [0.4, 0.5) is 5.69 Å². The van der Waals surface area contributed by atoms with E-state index in [1.807, 2.05) is 27.7 Å². The van der Waals surface area contributed by atoms with Gasteiger partial charge in [-0.3, -0.25) is 9.59 Å². The van der Waals surface area contributed by atoms with E-state index in [-0.39, 0.29) is 18.4 Å². The summed E-state index contributed by atoms with van der Waals surface area (Å²) < 4.78 is 5.44. The lowest BCUT2D eigenvalue weighted by Crippen LogP contribution is -2.55. The van der Waals surface area contributed by atoms with Crippen molar-refractivity contribution in [1.29, 1.82) is 0 Å². The molecule has 0 spiro atoms. The second-order valence-electron chi connectivity index (χ2n) is 9.16. The maximum Gasteiger partial charge on any atom is 0.328 e. The third-order valence-electron chi connectivity index (χ3n) is 5.27. The number of unbranched alkanes of at least 4 members (excludes halogenated alkanes) is 1. The van der Waals surface area contributed by atoms with E-state index >= 15 is 0 Å². The number of nitrogens with one attached hydrogen (secondary N) is 2. The molecular formula is C24H41N5O4. The maximum absolute atomic E-state index is 13.1. The number of carbonyl (C=O) groups is 3. The van der Waals surface area contributed by atoms with Crippen LogP contribution < -0.4 is 27.8 Å². The molecule has 1 rings (SSSR count). The fraction of sp³-hybridized carbons (Fsp3) is 0.625. The van der Waals surface area contributed by atoms with Crippen molar-refractivity contribution >= 4 is 23.5 Å². The molecule has 0 aliphatic rings. The van der Waals surface area contributed by atoms with Gasteiger partial charge in [0.25, 0.3) is 0 Å². The largest absolute Gasteiger partial charge is 0.459 e. The Labute approximate surface area is 197 Å². The van der Waals surface area contributed by atoms with E-state index in [1.165, 1.54) is 0 Å². The van der Waals surface area contributed by atoms with Gasteiger partial charge in [-0.2, -0.15) is 0 Å². The van der Waals surface area contributed by atoms with E-state index in [2.05, 4.69) is 10.6 Å². The summed E-state index contributed by atoms with van der Waals surface area (Å²) in [6.45, 7) is 8.14. The Morgan fingerprint density at radius 2 is 1.55 bits per heavy atom. The zero-order valence-electron chi connectivity index (χ0n) is 20.3. The van der Waals surface area contributed by atoms with Crippen molar-refractivity contribution in [3.8, 4) is 0 Å². The Morgan fingerprint density at radius 1 is 0.939 bits per heavy atom. The standard InChI is InChI=1S/C24H41N5O4/c1-15(2)13-20(29-23(31)21(27)16(3)4)22(30)28-19(7-5-6-12-25)24(32)33-14-17-8-10-18(26)11-9-17/h8-11,15-16,19-21H,5-7,12-14,25-27H2,1-4H3,(H,28,30)(H,29,31)/t19-,20-,21+/m0/s1. The molecule has 0 unspecified atom stereocenters. The van der Waals surface area contributed by atoms with Gasteiger partial charge in [-0.15, -0.1) is 0 Å². The minimum Gasteiger partial charge on any atom is -0.459 e. The quantitative estimate of drug-likeness (QED) is 0.158. The second-order valence-corrected chi connectivity index (χ2v) is 9.16. The fourth-order valence-electron chi connectivity index (χ4n) is 3.16. The average molecular weight is 464 g/mol. The summed E-state index contributed by atoms with van der Waals surface area (Å²) >= 11 is 0. The lowest BCUT2D eigenvalue weighted by atomic mass is 10.00. The third kappa shape index (κ3) is 10.7. The highest BCUT2D eigenvalue weighted by Crippen LogP contribution is 2.11. The van der Waals surface area contributed by atoms with Crippen LogP contribution in [0.5, 0.6) is 0 Å². The summed E-state index contributed by atoms with van der Waals surface area (Å²) in [4.78, 5) is 38.3. The van der Waals surface area contributed by atoms with Crippen LogP contribution in [0.2, 0.25) is 0 Å². The van der Waals surface area contributed by atoms with Crippen LogP contribution in [0.25, 0.3) is 0 Å². The molecular weight excluding hydrogens is 422 g/mol. The summed E-state index contributed by atoms with van der Waals surface area (Å²) in [7, 11) is 0. The van der Waals surface area contributed by atoms with Crippen LogP contribution in [0.15, 0.2) is 24.3 Å². The van der Waals surface area contributed by atoms with Crippen LogP contribution in [0, 0.1) is 11.8 Å². The van der Waals surface area contributed by atoms with Gasteiger partial charge in [0.05, 0.1) is 6.04 Å². The number of rotatable bonds is 14. The van der Waals surface area contributed by atoms with Gasteiger partial charge in [-0.25, -0.2) is 4.79 Å². The molecule has 0 heterocycles. The van der Waals surface area contributed by atoms with Crippen molar-refractivity contribution < 1.29 is 19.1 Å². The summed E-state index contributed by atoms with van der Waals surface area (Å²) in [5.74, 6) is -1.29. The van der Waals surface area contributed by atoms with Crippen LogP contribution >= 0.6 is 0 Å². The lowest BCUT2D eigenvalue weighted by molar-refractivity contribution is -0.149. The van der Waals surface area contributed by atoms with Gasteiger partial charge in [-0.1, -0.05) is 39.8 Å². The SMILES string of the molecule is CC(C)C[C@H](NC(=O)[C@H](N)C(C)C)C(=O)N[C@@H](CCCCN)C(=O)OCc1ccc(N)cc1. The maximum atomic E-state index is 13.1. The van der Waals surface area contributed by atoms with Crippen molar-refractivity contribution in [3.05, 3.63) is 29.8 Å². The molecule has 1 aromatic rings. The number of carbonyl (C=O) groups excluding carboxylic acids is 3. The number of ether oxygens (including phenoxy) is 1. The molecule has 2 amide bonds. The fourth-order valence-corrected chi connectivity index (χ4v) is 3.16. The summed E-state index contributed by atoms with van der Waals surface area (Å²) in [6.07, 6.45) is 2.17. The Hall–Kier alpha value is -2.65. The first-order valence-corrected chi connectivity index (χ1v) is 11.6. The predicted molar refractivity (Wildman–Crippen MR) is 130 cm³/mol. The molecule has 0 bridgehead atoms. The monoisotopic (exact) mass is 463 g/mol. The Bertz CT molecular complexity index is 752. The van der Waals surface area contributed by atoms with Crippen molar-refractivity contribution in [2.24, 2.45) is 23.3 Å². The van der Waals surface area contributed by atoms with Gasteiger partial charge in [0.15, 0.2) is 0 Å². The summed E-state index contributed by atoms with van der Waals surface area (Å²) in [5, 5.41) is 5.51. The van der Waals surface area contributed by atoms with E-state index in [9.17, 15) is 14.4 Å². The van der Waals surface area contributed by atoms with Crippen LogP contribution in [-0.4, -0.2) is 42.5 Å². The number of esters is 1. The first-order chi connectivity index (χ1) is 15.5. The van der Waals surface area contributed by atoms with Gasteiger partial charge in [-0.05, 0) is 61.8 Å². The number of hydrogen-bond acceptors (Lipinski definition) is 7. The molecule has 186 valence electrons. The van der Waals surface area contributed by atoms with Gasteiger partial charge in [0, 0.05) is 5.69 Å². The Balaban J connectivity index is 2.87. The Morgan fingerprint density at radius 3 is 2.09 bits per heavy atom. The molecule has 33 heavy (non-hydrogen) atoms. The van der Waals surface area contributed by atoms with E-state index in [4.69, 9.17) is 21.9 Å². The molecule has 0 saturated carbocycles. The summed E-state index contributed by atoms with van der Waals surface area (Å²) in [6, 6.07) is 4.63. The van der Waals surface area contributed by atoms with E-state index in [1.54, 1.807) is 24.3 Å². The number of hydrogen-bond donors (Lipinski definition) is 5. The number of nitrogens with two attached hydrogens (primary N) is 3. The van der Waals surface area contributed by atoms with Gasteiger partial charge in [0.1, 0.15) is 18.7 Å². The minimum absolute atomic E-state index is 0.0672. The first-order valence-electron chi connectivity index (χ1n) is 11.6. The molecule has 0 fully saturated rings. The molecule has 0 saturated heterocycles. The zero-order chi connectivity index (χ0) is 25.0. The molecule has 0 aliphatic carbocycles. The average Bonchev–Trinajstić information content (AvgIpc) is 2.76. The lowest BCUT2D eigenvalue weighted by Gasteiger charge is -2.25. The molecule has 0 radical (unpaired) electrons. The molecule has 1 aromatic carbocycles. The normalized spacial score (nSPS) is 13.9. The van der Waals surface area contributed by atoms with Crippen molar-refractivity contribution in [2.75, 3.05) is 12.3 Å². The molecule has 9 heteroatoms. The van der Waals surface area contributed by atoms with Crippen LogP contribution in [0.3, 0.4) is 0 Å². The van der Waals surface area contributed by atoms with Gasteiger partial charge in [0.2, 0.25) is 11.8 Å². The molecule has 0 aromatic heterocycles. The second kappa shape index (κ2) is 14.5. The molecule has 9 nitrogen and oxygen atoms in total. The highest BCUT2D eigenvalue weighted by Gasteiger charge is 2.29. The topological polar surface area (TPSA) is 163 Å². The van der Waals surface area contributed by atoms with Crippen molar-refractivity contribution in [1.82, 2.24) is 10.6 Å². The minimum atomic E-state index is -0.844. The molecule has 0 aliphatic heterocycles. The molecule has 8 N–H and O–H groups in total. The Kier molecular flexibility index (Phi) is 12.5. The highest BCUT2D eigenvalue weighted by atomic mass is 16.5. The van der Waals surface area contributed by atoms with E-state index in [0.29, 0.717) is 37.9 Å². The zero-order valence-corrected chi connectivity index (χ0v) is 20.3.